The lowest BCUT2D eigenvalue weighted by atomic mass is 10.1. The molecule has 0 bridgehead atoms. The number of aryl methyl sites for hydroxylation is 1. The van der Waals surface area contributed by atoms with Gasteiger partial charge in [-0.1, -0.05) is 44.0 Å². The third-order valence-corrected chi connectivity index (χ3v) is 4.16. The molecule has 4 heteroatoms. The molecule has 0 aliphatic heterocycles. The number of nitrogens with zero attached hydrogens (tertiary/aromatic N) is 2. The molecule has 2 aromatic carbocycles. The molecule has 0 fully saturated rings. The fourth-order valence-corrected chi connectivity index (χ4v) is 2.61. The van der Waals surface area contributed by atoms with Gasteiger partial charge in [-0.3, -0.25) is 0 Å². The summed E-state index contributed by atoms with van der Waals surface area (Å²) in [5, 5.41) is 4.70. The summed E-state index contributed by atoms with van der Waals surface area (Å²) in [6.45, 7) is 2.08. The van der Waals surface area contributed by atoms with E-state index in [-0.39, 0.29) is 0 Å². The van der Waals surface area contributed by atoms with E-state index < -0.39 is 0 Å². The molecular formula is C16H12Br2N2. The topological polar surface area (TPSA) is 17.8 Å². The van der Waals surface area contributed by atoms with Gasteiger partial charge < -0.3 is 0 Å². The van der Waals surface area contributed by atoms with Crippen LogP contribution in [0.1, 0.15) is 5.56 Å². The Kier molecular flexibility index (Phi) is 3.76. The molecule has 0 unspecified atom stereocenters. The summed E-state index contributed by atoms with van der Waals surface area (Å²) in [6, 6.07) is 16.3. The van der Waals surface area contributed by atoms with Gasteiger partial charge in [0.1, 0.15) is 0 Å². The van der Waals surface area contributed by atoms with Gasteiger partial charge in [0.2, 0.25) is 0 Å². The quantitative estimate of drug-likeness (QED) is 0.573. The van der Waals surface area contributed by atoms with Crippen LogP contribution in [0.15, 0.2) is 63.7 Å². The highest BCUT2D eigenvalue weighted by molar-refractivity contribution is 9.10. The van der Waals surface area contributed by atoms with Gasteiger partial charge in [0.05, 0.1) is 11.4 Å². The monoisotopic (exact) mass is 390 g/mol. The largest absolute Gasteiger partial charge is 0.240 e. The first kappa shape index (κ1) is 13.6. The van der Waals surface area contributed by atoms with Crippen LogP contribution in [0.4, 0.5) is 0 Å². The van der Waals surface area contributed by atoms with E-state index in [2.05, 4.69) is 57.1 Å². The van der Waals surface area contributed by atoms with Crippen molar-refractivity contribution in [2.75, 3.05) is 0 Å². The zero-order chi connectivity index (χ0) is 14.1. The molecule has 3 aromatic rings. The van der Waals surface area contributed by atoms with Crippen LogP contribution >= 0.6 is 31.9 Å². The minimum Gasteiger partial charge on any atom is -0.240 e. The normalized spacial score (nSPS) is 10.8. The van der Waals surface area contributed by atoms with E-state index in [1.54, 1.807) is 0 Å². The van der Waals surface area contributed by atoms with Crippen LogP contribution in [0.25, 0.3) is 16.9 Å². The van der Waals surface area contributed by atoms with E-state index >= 15 is 0 Å². The number of hydrogen-bond donors (Lipinski definition) is 0. The maximum absolute atomic E-state index is 4.70. The summed E-state index contributed by atoms with van der Waals surface area (Å²) < 4.78 is 4.06. The molecule has 0 radical (unpaired) electrons. The predicted octanol–water partition coefficient (Wildman–Crippen LogP) is 5.37. The molecule has 3 rings (SSSR count). The Hall–Kier alpha value is -1.39. The summed E-state index contributed by atoms with van der Waals surface area (Å²) in [4.78, 5) is 0. The molecule has 0 amide bonds. The fourth-order valence-electron chi connectivity index (χ4n) is 2.08. The molecular weight excluding hydrogens is 380 g/mol. The zero-order valence-corrected chi connectivity index (χ0v) is 14.0. The van der Waals surface area contributed by atoms with E-state index in [4.69, 9.17) is 5.10 Å². The first-order valence-electron chi connectivity index (χ1n) is 6.21. The van der Waals surface area contributed by atoms with Crippen LogP contribution in [0.2, 0.25) is 0 Å². The van der Waals surface area contributed by atoms with E-state index in [9.17, 15) is 0 Å². The van der Waals surface area contributed by atoms with E-state index in [0.29, 0.717) is 0 Å². The Morgan fingerprint density at radius 3 is 2.00 bits per heavy atom. The van der Waals surface area contributed by atoms with Crippen molar-refractivity contribution < 1.29 is 0 Å². The lowest BCUT2D eigenvalue weighted by Crippen LogP contribution is -1.94. The highest BCUT2D eigenvalue weighted by Gasteiger charge is 2.08. The van der Waals surface area contributed by atoms with Gasteiger partial charge in [-0.2, -0.15) is 5.10 Å². The van der Waals surface area contributed by atoms with Crippen molar-refractivity contribution in [2.45, 2.75) is 6.92 Å². The number of benzene rings is 2. The molecule has 100 valence electrons. The number of halogens is 2. The molecule has 0 saturated carbocycles. The Labute approximate surface area is 134 Å². The second-order valence-electron chi connectivity index (χ2n) is 4.59. The van der Waals surface area contributed by atoms with Crippen molar-refractivity contribution in [1.82, 2.24) is 9.78 Å². The Balaban J connectivity index is 2.02. The first-order valence-corrected chi connectivity index (χ1v) is 7.80. The molecule has 0 N–H and O–H groups in total. The van der Waals surface area contributed by atoms with Crippen molar-refractivity contribution in [2.24, 2.45) is 0 Å². The van der Waals surface area contributed by atoms with Crippen LogP contribution < -0.4 is 0 Å². The van der Waals surface area contributed by atoms with Crippen molar-refractivity contribution in [3.05, 3.63) is 69.2 Å². The maximum atomic E-state index is 4.70. The van der Waals surface area contributed by atoms with Crippen LogP contribution in [-0.4, -0.2) is 9.78 Å². The summed E-state index contributed by atoms with van der Waals surface area (Å²) in [6.07, 6.45) is 2.06. The molecule has 1 aromatic heterocycles. The fraction of sp³-hybridized carbons (Fsp3) is 0.0625. The van der Waals surface area contributed by atoms with Crippen molar-refractivity contribution in [1.29, 1.82) is 0 Å². The average molecular weight is 392 g/mol. The van der Waals surface area contributed by atoms with Crippen LogP contribution in [-0.2, 0) is 0 Å². The summed E-state index contributed by atoms with van der Waals surface area (Å²) in [5.74, 6) is 0. The smallest absolute Gasteiger partial charge is 0.0956 e. The summed E-state index contributed by atoms with van der Waals surface area (Å²) in [7, 11) is 0. The van der Waals surface area contributed by atoms with Crippen LogP contribution in [0.5, 0.6) is 0 Å². The zero-order valence-electron chi connectivity index (χ0n) is 10.8. The Morgan fingerprint density at radius 2 is 1.40 bits per heavy atom. The highest BCUT2D eigenvalue weighted by Crippen LogP contribution is 2.25. The molecule has 2 nitrogen and oxygen atoms in total. The minimum absolute atomic E-state index is 1.01. The summed E-state index contributed by atoms with van der Waals surface area (Å²) >= 11 is 6.90. The van der Waals surface area contributed by atoms with Crippen molar-refractivity contribution >= 4 is 31.9 Å². The second-order valence-corrected chi connectivity index (χ2v) is 6.42. The Bertz CT molecular complexity index is 728. The van der Waals surface area contributed by atoms with Crippen molar-refractivity contribution in [3.8, 4) is 16.9 Å². The van der Waals surface area contributed by atoms with Gasteiger partial charge in [-0.05, 0) is 48.9 Å². The van der Waals surface area contributed by atoms with Gasteiger partial charge in [-0.25, -0.2) is 4.68 Å². The van der Waals surface area contributed by atoms with E-state index in [0.717, 1.165) is 31.5 Å². The van der Waals surface area contributed by atoms with E-state index in [1.807, 2.05) is 41.1 Å². The lowest BCUT2D eigenvalue weighted by molar-refractivity contribution is 0.883. The molecule has 0 saturated heterocycles. The van der Waals surface area contributed by atoms with Gasteiger partial charge >= 0.3 is 0 Å². The number of hydrogen-bond acceptors (Lipinski definition) is 1. The predicted molar refractivity (Wildman–Crippen MR) is 89.1 cm³/mol. The standard InChI is InChI=1S/C16H12Br2N2/c1-11-10-20(15-8-6-14(18)7-9-15)19-16(11)12-2-4-13(17)5-3-12/h2-10H,1H3. The molecule has 20 heavy (non-hydrogen) atoms. The molecule has 0 atom stereocenters. The Morgan fingerprint density at radius 1 is 0.850 bits per heavy atom. The van der Waals surface area contributed by atoms with E-state index in [1.165, 1.54) is 0 Å². The third kappa shape index (κ3) is 2.72. The lowest BCUT2D eigenvalue weighted by Gasteiger charge is -2.01. The van der Waals surface area contributed by atoms with Crippen LogP contribution in [0.3, 0.4) is 0 Å². The summed E-state index contributed by atoms with van der Waals surface area (Å²) in [5.41, 5.74) is 4.36. The third-order valence-electron chi connectivity index (χ3n) is 3.11. The SMILES string of the molecule is Cc1cn(-c2ccc(Br)cc2)nc1-c1ccc(Br)cc1. The van der Waals surface area contributed by atoms with Gasteiger partial charge in [0.25, 0.3) is 0 Å². The molecule has 0 spiro atoms. The van der Waals surface area contributed by atoms with Crippen molar-refractivity contribution in [3.63, 3.8) is 0 Å². The minimum atomic E-state index is 1.01. The van der Waals surface area contributed by atoms with Gasteiger partial charge in [-0.15, -0.1) is 0 Å². The first-order chi connectivity index (χ1) is 9.63. The molecule has 0 aliphatic carbocycles. The van der Waals surface area contributed by atoms with Gasteiger partial charge in [0.15, 0.2) is 0 Å². The number of rotatable bonds is 2. The highest BCUT2D eigenvalue weighted by atomic mass is 79.9. The molecule has 1 heterocycles. The van der Waals surface area contributed by atoms with Gasteiger partial charge in [0, 0.05) is 20.7 Å². The number of aromatic nitrogens is 2. The maximum Gasteiger partial charge on any atom is 0.0956 e. The average Bonchev–Trinajstić information content (AvgIpc) is 2.82. The van der Waals surface area contributed by atoms with Crippen LogP contribution in [0, 0.1) is 6.92 Å². The molecule has 0 aliphatic rings. The second kappa shape index (κ2) is 5.54.